The standard InChI is InChI=1S/C19H21F2N3O/c1-13(12-15-16(20)4-2-5-17(15)21)23-19(25)24-11-3-6-18(24)14-7-9-22-10-8-14/h2,4-5,7-10,13,18H,3,6,11-12H2,1H3,(H,23,25)/t13-,18+/m1/s1. The zero-order valence-electron chi connectivity index (χ0n) is 14.1. The molecule has 2 atom stereocenters. The smallest absolute Gasteiger partial charge is 0.318 e. The summed E-state index contributed by atoms with van der Waals surface area (Å²) < 4.78 is 27.5. The fourth-order valence-corrected chi connectivity index (χ4v) is 3.32. The van der Waals surface area contributed by atoms with Gasteiger partial charge in [-0.05, 0) is 56.0 Å². The first-order chi connectivity index (χ1) is 12.1. The van der Waals surface area contributed by atoms with Gasteiger partial charge in [-0.3, -0.25) is 4.98 Å². The van der Waals surface area contributed by atoms with Crippen molar-refractivity contribution < 1.29 is 13.6 Å². The van der Waals surface area contributed by atoms with E-state index < -0.39 is 11.6 Å². The Balaban J connectivity index is 1.65. The number of urea groups is 1. The monoisotopic (exact) mass is 345 g/mol. The van der Waals surface area contributed by atoms with Crippen LogP contribution in [0.4, 0.5) is 13.6 Å². The van der Waals surface area contributed by atoms with Crippen molar-refractivity contribution in [3.05, 3.63) is 65.5 Å². The highest BCUT2D eigenvalue weighted by Crippen LogP contribution is 2.31. The maximum Gasteiger partial charge on any atom is 0.318 e. The molecule has 1 saturated heterocycles. The Morgan fingerprint density at radius 1 is 1.28 bits per heavy atom. The summed E-state index contributed by atoms with van der Waals surface area (Å²) in [6, 6.07) is 7.05. The minimum absolute atomic E-state index is 0.00223. The lowest BCUT2D eigenvalue weighted by Gasteiger charge is -2.27. The molecule has 25 heavy (non-hydrogen) atoms. The molecule has 1 N–H and O–H groups in total. The Morgan fingerprint density at radius 3 is 2.64 bits per heavy atom. The van der Waals surface area contributed by atoms with Crippen molar-refractivity contribution >= 4 is 6.03 Å². The average molecular weight is 345 g/mol. The van der Waals surface area contributed by atoms with Crippen LogP contribution in [0.2, 0.25) is 0 Å². The lowest BCUT2D eigenvalue weighted by Crippen LogP contribution is -2.44. The van der Waals surface area contributed by atoms with Crippen LogP contribution in [0.1, 0.15) is 36.9 Å². The molecule has 1 aliphatic heterocycles. The molecule has 1 aromatic heterocycles. The van der Waals surface area contributed by atoms with Crippen molar-refractivity contribution in [2.75, 3.05) is 6.54 Å². The fourth-order valence-electron chi connectivity index (χ4n) is 3.32. The van der Waals surface area contributed by atoms with Crippen LogP contribution in [0.5, 0.6) is 0 Å². The van der Waals surface area contributed by atoms with Crippen LogP contribution in [0.3, 0.4) is 0 Å². The van der Waals surface area contributed by atoms with Crippen LogP contribution in [-0.4, -0.2) is 28.5 Å². The maximum absolute atomic E-state index is 13.8. The van der Waals surface area contributed by atoms with Gasteiger partial charge in [0, 0.05) is 30.5 Å². The SMILES string of the molecule is C[C@H](Cc1c(F)cccc1F)NC(=O)N1CCC[C@H]1c1ccncc1. The molecule has 1 aromatic carbocycles. The summed E-state index contributed by atoms with van der Waals surface area (Å²) in [4.78, 5) is 18.4. The summed E-state index contributed by atoms with van der Waals surface area (Å²) in [5, 5.41) is 2.86. The molecule has 1 fully saturated rings. The topological polar surface area (TPSA) is 45.2 Å². The molecular weight excluding hydrogens is 324 g/mol. The molecule has 2 amide bonds. The van der Waals surface area contributed by atoms with E-state index in [0.29, 0.717) is 6.54 Å². The van der Waals surface area contributed by atoms with E-state index in [4.69, 9.17) is 0 Å². The predicted molar refractivity (Wildman–Crippen MR) is 91.0 cm³/mol. The number of nitrogens with one attached hydrogen (secondary N) is 1. The summed E-state index contributed by atoms with van der Waals surface area (Å²) in [6.07, 6.45) is 5.36. The maximum atomic E-state index is 13.8. The molecule has 0 bridgehead atoms. The molecule has 2 aromatic rings. The normalized spacial score (nSPS) is 18.2. The Kier molecular flexibility index (Phi) is 5.26. The van der Waals surface area contributed by atoms with Crippen LogP contribution in [0.25, 0.3) is 0 Å². The number of carbonyl (C=O) groups is 1. The zero-order valence-corrected chi connectivity index (χ0v) is 14.1. The Labute approximate surface area is 145 Å². The van der Waals surface area contributed by atoms with Gasteiger partial charge in [-0.25, -0.2) is 13.6 Å². The average Bonchev–Trinajstić information content (AvgIpc) is 3.09. The number of aromatic nitrogens is 1. The number of carbonyl (C=O) groups excluding carboxylic acids is 1. The second kappa shape index (κ2) is 7.59. The first-order valence-corrected chi connectivity index (χ1v) is 8.46. The van der Waals surface area contributed by atoms with E-state index >= 15 is 0 Å². The van der Waals surface area contributed by atoms with Crippen molar-refractivity contribution in [1.82, 2.24) is 15.2 Å². The molecule has 2 heterocycles. The summed E-state index contributed by atoms with van der Waals surface area (Å²) in [6.45, 7) is 2.42. The third-order valence-corrected chi connectivity index (χ3v) is 4.55. The van der Waals surface area contributed by atoms with Crippen LogP contribution in [0, 0.1) is 11.6 Å². The number of hydrogen-bond acceptors (Lipinski definition) is 2. The second-order valence-electron chi connectivity index (χ2n) is 6.39. The first kappa shape index (κ1) is 17.3. The van der Waals surface area contributed by atoms with Crippen molar-refractivity contribution in [1.29, 1.82) is 0 Å². The van der Waals surface area contributed by atoms with E-state index in [0.717, 1.165) is 18.4 Å². The molecule has 3 rings (SSSR count). The lowest BCUT2D eigenvalue weighted by atomic mass is 10.1. The van der Waals surface area contributed by atoms with Crippen LogP contribution in [-0.2, 0) is 6.42 Å². The largest absolute Gasteiger partial charge is 0.335 e. The van der Waals surface area contributed by atoms with E-state index in [1.54, 1.807) is 24.2 Å². The van der Waals surface area contributed by atoms with E-state index in [2.05, 4.69) is 10.3 Å². The van der Waals surface area contributed by atoms with Gasteiger partial charge in [0.25, 0.3) is 0 Å². The lowest BCUT2D eigenvalue weighted by molar-refractivity contribution is 0.189. The molecule has 0 spiro atoms. The van der Waals surface area contributed by atoms with Crippen LogP contribution in [0.15, 0.2) is 42.7 Å². The van der Waals surface area contributed by atoms with E-state index in [1.165, 1.54) is 18.2 Å². The Hall–Kier alpha value is -2.50. The number of benzene rings is 1. The molecule has 0 saturated carbocycles. The minimum Gasteiger partial charge on any atom is -0.335 e. The van der Waals surface area contributed by atoms with Crippen molar-refractivity contribution in [3.63, 3.8) is 0 Å². The van der Waals surface area contributed by atoms with Gasteiger partial charge in [-0.2, -0.15) is 0 Å². The van der Waals surface area contributed by atoms with Crippen molar-refractivity contribution in [2.45, 2.75) is 38.3 Å². The summed E-state index contributed by atoms with van der Waals surface area (Å²) in [7, 11) is 0. The first-order valence-electron chi connectivity index (χ1n) is 8.46. The van der Waals surface area contributed by atoms with Gasteiger partial charge >= 0.3 is 6.03 Å². The number of nitrogens with zero attached hydrogens (tertiary/aromatic N) is 2. The van der Waals surface area contributed by atoms with E-state index in [9.17, 15) is 13.6 Å². The van der Waals surface area contributed by atoms with Crippen molar-refractivity contribution in [2.24, 2.45) is 0 Å². The number of rotatable bonds is 4. The molecular formula is C19H21F2N3O. The molecule has 0 radical (unpaired) electrons. The van der Waals surface area contributed by atoms with Gasteiger partial charge in [0.2, 0.25) is 0 Å². The number of pyridine rings is 1. The molecule has 6 heteroatoms. The van der Waals surface area contributed by atoms with E-state index in [1.807, 2.05) is 12.1 Å². The highest BCUT2D eigenvalue weighted by atomic mass is 19.1. The number of halogens is 2. The quantitative estimate of drug-likeness (QED) is 0.915. The minimum atomic E-state index is -0.586. The molecule has 1 aliphatic rings. The van der Waals surface area contributed by atoms with E-state index in [-0.39, 0.29) is 30.1 Å². The van der Waals surface area contributed by atoms with Crippen LogP contribution < -0.4 is 5.32 Å². The number of likely N-dealkylation sites (tertiary alicyclic amines) is 1. The van der Waals surface area contributed by atoms with Gasteiger partial charge in [0.05, 0.1) is 6.04 Å². The predicted octanol–water partition coefficient (Wildman–Crippen LogP) is 3.84. The van der Waals surface area contributed by atoms with Gasteiger partial charge in [0.1, 0.15) is 11.6 Å². The van der Waals surface area contributed by atoms with Gasteiger partial charge in [0.15, 0.2) is 0 Å². The van der Waals surface area contributed by atoms with Gasteiger partial charge < -0.3 is 10.2 Å². The van der Waals surface area contributed by atoms with Gasteiger partial charge in [-0.1, -0.05) is 6.07 Å². The fraction of sp³-hybridized carbons (Fsp3) is 0.368. The Morgan fingerprint density at radius 2 is 1.96 bits per heavy atom. The summed E-state index contributed by atoms with van der Waals surface area (Å²) in [5.41, 5.74) is 1.05. The number of amides is 2. The molecule has 0 unspecified atom stereocenters. The number of hydrogen-bond donors (Lipinski definition) is 1. The molecule has 132 valence electrons. The second-order valence-corrected chi connectivity index (χ2v) is 6.39. The zero-order chi connectivity index (χ0) is 17.8. The highest BCUT2D eigenvalue weighted by molar-refractivity contribution is 5.75. The molecule has 0 aliphatic carbocycles. The van der Waals surface area contributed by atoms with Gasteiger partial charge in [-0.15, -0.1) is 0 Å². The Bertz CT molecular complexity index is 718. The third-order valence-electron chi connectivity index (χ3n) is 4.55. The summed E-state index contributed by atoms with van der Waals surface area (Å²) in [5.74, 6) is -1.17. The highest BCUT2D eigenvalue weighted by Gasteiger charge is 2.30. The third kappa shape index (κ3) is 3.95. The van der Waals surface area contributed by atoms with Crippen LogP contribution >= 0.6 is 0 Å². The molecule has 4 nitrogen and oxygen atoms in total. The van der Waals surface area contributed by atoms with Crippen molar-refractivity contribution in [3.8, 4) is 0 Å². The summed E-state index contributed by atoms with van der Waals surface area (Å²) >= 11 is 0.